The van der Waals surface area contributed by atoms with Crippen LogP contribution in [0.2, 0.25) is 0 Å². The van der Waals surface area contributed by atoms with E-state index in [1.807, 2.05) is 6.07 Å². The molecular formula is C17H14N2O5. The number of carbonyl (C=O) groups is 1. The van der Waals surface area contributed by atoms with Crippen molar-refractivity contribution >= 4 is 23.4 Å². The standard InChI is InChI=1S/C17H14N2O5/c1-11-8-13(19(21)22)4-5-14(11)18-17(20)7-3-12-2-6-15-16(9-12)24-10-23-15/h2-9H,10H2,1H3,(H,18,20)/b7-3+. The molecule has 0 atom stereocenters. The second kappa shape index (κ2) is 6.41. The Morgan fingerprint density at radius 3 is 2.75 bits per heavy atom. The van der Waals surface area contributed by atoms with Crippen LogP contribution in [0.1, 0.15) is 11.1 Å². The number of rotatable bonds is 4. The number of fused-ring (bicyclic) bond motifs is 1. The number of non-ortho nitro benzene ring substituents is 1. The molecule has 24 heavy (non-hydrogen) atoms. The predicted octanol–water partition coefficient (Wildman–Crippen LogP) is 3.28. The highest BCUT2D eigenvalue weighted by molar-refractivity contribution is 6.02. The number of carbonyl (C=O) groups excluding carboxylic acids is 1. The van der Waals surface area contributed by atoms with Gasteiger partial charge in [0.15, 0.2) is 11.5 Å². The van der Waals surface area contributed by atoms with Gasteiger partial charge in [0, 0.05) is 23.9 Å². The van der Waals surface area contributed by atoms with Gasteiger partial charge in [-0.15, -0.1) is 0 Å². The summed E-state index contributed by atoms with van der Waals surface area (Å²) in [4.78, 5) is 22.2. The maximum absolute atomic E-state index is 12.0. The van der Waals surface area contributed by atoms with Crippen LogP contribution in [0.5, 0.6) is 11.5 Å². The topological polar surface area (TPSA) is 90.7 Å². The third-order valence-corrected chi connectivity index (χ3v) is 3.50. The van der Waals surface area contributed by atoms with E-state index in [4.69, 9.17) is 9.47 Å². The van der Waals surface area contributed by atoms with E-state index in [9.17, 15) is 14.9 Å². The van der Waals surface area contributed by atoms with Crippen molar-refractivity contribution in [3.63, 3.8) is 0 Å². The van der Waals surface area contributed by atoms with Gasteiger partial charge in [-0.25, -0.2) is 0 Å². The molecule has 1 N–H and O–H groups in total. The normalized spacial score (nSPS) is 12.4. The Morgan fingerprint density at radius 1 is 1.21 bits per heavy atom. The molecule has 0 saturated heterocycles. The SMILES string of the molecule is Cc1cc([N+](=O)[O-])ccc1NC(=O)/C=C/c1ccc2c(c1)OCO2. The van der Waals surface area contributed by atoms with E-state index in [0.29, 0.717) is 22.7 Å². The Kier molecular flexibility index (Phi) is 4.15. The van der Waals surface area contributed by atoms with Crippen LogP contribution >= 0.6 is 0 Å². The molecule has 1 aliphatic heterocycles. The molecule has 0 radical (unpaired) electrons. The van der Waals surface area contributed by atoms with Crippen LogP contribution in [0.25, 0.3) is 6.08 Å². The number of nitrogens with one attached hydrogen (secondary N) is 1. The summed E-state index contributed by atoms with van der Waals surface area (Å²) in [5.41, 5.74) is 1.94. The Bertz CT molecular complexity index is 845. The summed E-state index contributed by atoms with van der Waals surface area (Å²) in [7, 11) is 0. The molecule has 0 saturated carbocycles. The first kappa shape index (κ1) is 15.5. The van der Waals surface area contributed by atoms with Crippen molar-refractivity contribution < 1.29 is 19.2 Å². The fourth-order valence-electron chi connectivity index (χ4n) is 2.26. The number of hydrogen-bond acceptors (Lipinski definition) is 5. The number of nitro benzene ring substituents is 1. The fraction of sp³-hybridized carbons (Fsp3) is 0.118. The number of nitro groups is 1. The number of nitrogens with zero attached hydrogens (tertiary/aromatic N) is 1. The van der Waals surface area contributed by atoms with E-state index in [-0.39, 0.29) is 18.4 Å². The minimum atomic E-state index is -0.474. The molecule has 1 heterocycles. The summed E-state index contributed by atoms with van der Waals surface area (Å²) in [5, 5.41) is 13.4. The van der Waals surface area contributed by atoms with Gasteiger partial charge in [-0.05, 0) is 42.3 Å². The molecule has 2 aromatic carbocycles. The molecule has 0 aromatic heterocycles. The average Bonchev–Trinajstić information content (AvgIpc) is 3.02. The molecule has 2 aromatic rings. The van der Waals surface area contributed by atoms with Gasteiger partial charge >= 0.3 is 0 Å². The minimum absolute atomic E-state index is 0.0126. The molecule has 0 fully saturated rings. The minimum Gasteiger partial charge on any atom is -0.454 e. The monoisotopic (exact) mass is 326 g/mol. The summed E-state index contributed by atoms with van der Waals surface area (Å²) in [5.74, 6) is 0.992. The van der Waals surface area contributed by atoms with Gasteiger partial charge in [0.1, 0.15) is 0 Å². The van der Waals surface area contributed by atoms with E-state index >= 15 is 0 Å². The molecule has 3 rings (SSSR count). The molecule has 0 aliphatic carbocycles. The van der Waals surface area contributed by atoms with Crippen LogP contribution in [-0.2, 0) is 4.79 Å². The first-order valence-corrected chi connectivity index (χ1v) is 7.17. The van der Waals surface area contributed by atoms with Gasteiger partial charge < -0.3 is 14.8 Å². The first-order chi connectivity index (χ1) is 11.5. The Balaban J connectivity index is 1.68. The lowest BCUT2D eigenvalue weighted by atomic mass is 10.1. The lowest BCUT2D eigenvalue weighted by molar-refractivity contribution is -0.384. The first-order valence-electron chi connectivity index (χ1n) is 7.17. The smallest absolute Gasteiger partial charge is 0.269 e. The van der Waals surface area contributed by atoms with Crippen molar-refractivity contribution in [2.45, 2.75) is 6.92 Å². The van der Waals surface area contributed by atoms with Crippen LogP contribution in [0.4, 0.5) is 11.4 Å². The van der Waals surface area contributed by atoms with E-state index in [0.717, 1.165) is 5.56 Å². The summed E-state index contributed by atoms with van der Waals surface area (Å²) in [6.45, 7) is 1.90. The van der Waals surface area contributed by atoms with Crippen molar-refractivity contribution in [1.29, 1.82) is 0 Å². The zero-order chi connectivity index (χ0) is 17.1. The fourth-order valence-corrected chi connectivity index (χ4v) is 2.26. The Hall–Kier alpha value is -3.35. The number of hydrogen-bond donors (Lipinski definition) is 1. The largest absolute Gasteiger partial charge is 0.454 e. The summed E-state index contributed by atoms with van der Waals surface area (Å²) in [6, 6.07) is 9.65. The van der Waals surface area contributed by atoms with Crippen molar-refractivity contribution in [2.75, 3.05) is 12.1 Å². The van der Waals surface area contributed by atoms with Crippen LogP contribution in [0, 0.1) is 17.0 Å². The predicted molar refractivity (Wildman–Crippen MR) is 88.1 cm³/mol. The third-order valence-electron chi connectivity index (χ3n) is 3.50. The summed E-state index contributed by atoms with van der Waals surface area (Å²) in [6.07, 6.45) is 3.04. The maximum Gasteiger partial charge on any atom is 0.269 e. The van der Waals surface area contributed by atoms with Crippen molar-refractivity contribution in [3.05, 3.63) is 63.7 Å². The lowest BCUT2D eigenvalue weighted by Crippen LogP contribution is -2.09. The lowest BCUT2D eigenvalue weighted by Gasteiger charge is -2.06. The molecule has 7 nitrogen and oxygen atoms in total. The van der Waals surface area contributed by atoms with E-state index < -0.39 is 4.92 Å². The second-order valence-corrected chi connectivity index (χ2v) is 5.19. The molecule has 0 bridgehead atoms. The molecule has 1 amide bonds. The van der Waals surface area contributed by atoms with Gasteiger partial charge in [-0.3, -0.25) is 14.9 Å². The van der Waals surface area contributed by atoms with Gasteiger partial charge in [0.05, 0.1) is 4.92 Å². The van der Waals surface area contributed by atoms with Gasteiger partial charge in [-0.1, -0.05) is 6.07 Å². The van der Waals surface area contributed by atoms with Crippen LogP contribution in [-0.4, -0.2) is 17.6 Å². The number of anilines is 1. The summed E-state index contributed by atoms with van der Waals surface area (Å²) >= 11 is 0. The maximum atomic E-state index is 12.0. The van der Waals surface area contributed by atoms with Crippen LogP contribution < -0.4 is 14.8 Å². The average molecular weight is 326 g/mol. The zero-order valence-electron chi connectivity index (χ0n) is 12.8. The molecular weight excluding hydrogens is 312 g/mol. The van der Waals surface area contributed by atoms with Crippen LogP contribution in [0.3, 0.4) is 0 Å². The van der Waals surface area contributed by atoms with E-state index in [1.54, 1.807) is 25.1 Å². The molecule has 122 valence electrons. The Labute approximate surface area is 137 Å². The molecule has 0 spiro atoms. The zero-order valence-corrected chi connectivity index (χ0v) is 12.8. The number of aryl methyl sites for hydroxylation is 1. The van der Waals surface area contributed by atoms with Crippen molar-refractivity contribution in [2.24, 2.45) is 0 Å². The quantitative estimate of drug-likeness (QED) is 0.529. The highest BCUT2D eigenvalue weighted by Crippen LogP contribution is 2.32. The molecule has 1 aliphatic rings. The van der Waals surface area contributed by atoms with Gasteiger partial charge in [0.25, 0.3) is 5.69 Å². The molecule has 0 unspecified atom stereocenters. The number of amides is 1. The highest BCUT2D eigenvalue weighted by Gasteiger charge is 2.12. The highest BCUT2D eigenvalue weighted by atomic mass is 16.7. The van der Waals surface area contributed by atoms with Gasteiger partial charge in [0.2, 0.25) is 12.7 Å². The van der Waals surface area contributed by atoms with Crippen molar-refractivity contribution in [3.8, 4) is 11.5 Å². The molecule has 7 heteroatoms. The van der Waals surface area contributed by atoms with Crippen LogP contribution in [0.15, 0.2) is 42.5 Å². The summed E-state index contributed by atoms with van der Waals surface area (Å²) < 4.78 is 10.5. The van der Waals surface area contributed by atoms with Gasteiger partial charge in [-0.2, -0.15) is 0 Å². The van der Waals surface area contributed by atoms with E-state index in [1.165, 1.54) is 24.3 Å². The number of ether oxygens (including phenoxy) is 2. The third kappa shape index (κ3) is 3.35. The Morgan fingerprint density at radius 2 is 2.00 bits per heavy atom. The van der Waals surface area contributed by atoms with E-state index in [2.05, 4.69) is 5.32 Å². The number of benzene rings is 2. The second-order valence-electron chi connectivity index (χ2n) is 5.19. The van der Waals surface area contributed by atoms with Crippen molar-refractivity contribution in [1.82, 2.24) is 0 Å².